The average molecular weight is 264 g/mol. The summed E-state index contributed by atoms with van der Waals surface area (Å²) < 4.78 is 10.0. The van der Waals surface area contributed by atoms with E-state index in [9.17, 15) is 9.90 Å². The number of carbonyl (C=O) groups is 1. The summed E-state index contributed by atoms with van der Waals surface area (Å²) in [6.07, 6.45) is 1.70. The third-order valence-corrected chi connectivity index (χ3v) is 3.08. The van der Waals surface area contributed by atoms with Crippen LogP contribution in [0.25, 0.3) is 0 Å². The van der Waals surface area contributed by atoms with Gasteiger partial charge in [-0.25, -0.2) is 4.79 Å². The number of benzene rings is 1. The van der Waals surface area contributed by atoms with Gasteiger partial charge in [0.1, 0.15) is 5.75 Å². The minimum atomic E-state index is -1.75. The molecule has 0 aromatic heterocycles. The van der Waals surface area contributed by atoms with Gasteiger partial charge >= 0.3 is 5.97 Å². The van der Waals surface area contributed by atoms with Crippen LogP contribution in [0.3, 0.4) is 0 Å². The second-order valence-electron chi connectivity index (χ2n) is 4.13. The van der Waals surface area contributed by atoms with E-state index in [1.54, 1.807) is 58.2 Å². The number of methoxy groups -OCH3 is 1. The van der Waals surface area contributed by atoms with E-state index >= 15 is 0 Å². The van der Waals surface area contributed by atoms with Gasteiger partial charge in [-0.3, -0.25) is 0 Å². The van der Waals surface area contributed by atoms with Gasteiger partial charge in [0.25, 0.3) is 0 Å². The lowest BCUT2D eigenvalue weighted by molar-refractivity contribution is -0.162. The third-order valence-electron chi connectivity index (χ3n) is 3.08. The molecule has 0 aliphatic heterocycles. The van der Waals surface area contributed by atoms with E-state index in [-0.39, 0.29) is 6.61 Å². The Kier molecular flexibility index (Phi) is 5.12. The zero-order chi connectivity index (χ0) is 14.5. The van der Waals surface area contributed by atoms with E-state index in [1.165, 1.54) is 0 Å². The minimum absolute atomic E-state index is 0.217. The molecule has 0 spiro atoms. The van der Waals surface area contributed by atoms with Crippen molar-refractivity contribution in [2.75, 3.05) is 13.7 Å². The van der Waals surface area contributed by atoms with Crippen LogP contribution in [0.1, 0.15) is 26.3 Å². The van der Waals surface area contributed by atoms with Crippen molar-refractivity contribution in [1.82, 2.24) is 0 Å². The fourth-order valence-corrected chi connectivity index (χ4v) is 1.78. The lowest BCUT2D eigenvalue weighted by Crippen LogP contribution is -2.38. The van der Waals surface area contributed by atoms with Crippen LogP contribution in [-0.2, 0) is 15.1 Å². The van der Waals surface area contributed by atoms with Crippen molar-refractivity contribution in [3.05, 3.63) is 41.5 Å². The Labute approximate surface area is 113 Å². The summed E-state index contributed by atoms with van der Waals surface area (Å²) in [4.78, 5) is 12.1. The monoisotopic (exact) mass is 264 g/mol. The summed E-state index contributed by atoms with van der Waals surface area (Å²) in [5.41, 5.74) is -0.768. The van der Waals surface area contributed by atoms with Crippen molar-refractivity contribution >= 4 is 5.97 Å². The highest BCUT2D eigenvalue weighted by Crippen LogP contribution is 2.32. The van der Waals surface area contributed by atoms with Gasteiger partial charge in [-0.1, -0.05) is 18.2 Å². The van der Waals surface area contributed by atoms with Crippen LogP contribution in [0.4, 0.5) is 0 Å². The van der Waals surface area contributed by atoms with Crippen LogP contribution in [0.15, 0.2) is 35.9 Å². The molecule has 0 amide bonds. The van der Waals surface area contributed by atoms with E-state index in [0.717, 1.165) is 0 Å². The SMILES string of the molecule is C/C=C(\C)C(O)(C(=O)OCC)c1ccc(OC)cc1. The molecule has 1 atom stereocenters. The van der Waals surface area contributed by atoms with Crippen molar-refractivity contribution in [1.29, 1.82) is 0 Å². The van der Waals surface area contributed by atoms with Gasteiger partial charge in [-0.05, 0) is 44.0 Å². The van der Waals surface area contributed by atoms with Crippen molar-refractivity contribution in [2.24, 2.45) is 0 Å². The first-order chi connectivity index (χ1) is 9.00. The van der Waals surface area contributed by atoms with Crippen LogP contribution in [0.2, 0.25) is 0 Å². The summed E-state index contributed by atoms with van der Waals surface area (Å²) in [6, 6.07) is 6.70. The summed E-state index contributed by atoms with van der Waals surface area (Å²) >= 11 is 0. The molecule has 0 fully saturated rings. The third kappa shape index (κ3) is 2.96. The molecule has 1 rings (SSSR count). The summed E-state index contributed by atoms with van der Waals surface area (Å²) in [6.45, 7) is 5.38. The van der Waals surface area contributed by atoms with Crippen LogP contribution in [0, 0.1) is 0 Å². The van der Waals surface area contributed by atoms with Crippen LogP contribution in [-0.4, -0.2) is 24.8 Å². The van der Waals surface area contributed by atoms with Crippen molar-refractivity contribution in [3.63, 3.8) is 0 Å². The second kappa shape index (κ2) is 6.38. The van der Waals surface area contributed by atoms with Crippen molar-refractivity contribution < 1.29 is 19.4 Å². The molecule has 1 aromatic carbocycles. The summed E-state index contributed by atoms with van der Waals surface area (Å²) in [7, 11) is 1.56. The molecular formula is C15H20O4. The highest BCUT2D eigenvalue weighted by Gasteiger charge is 2.41. The predicted octanol–water partition coefficient (Wildman–Crippen LogP) is 2.41. The normalized spacial score (nSPS) is 14.7. The van der Waals surface area contributed by atoms with Crippen LogP contribution < -0.4 is 4.74 Å². The molecule has 0 aliphatic rings. The van der Waals surface area contributed by atoms with Gasteiger partial charge in [0.15, 0.2) is 0 Å². The van der Waals surface area contributed by atoms with E-state index in [1.807, 2.05) is 0 Å². The molecule has 0 radical (unpaired) electrons. The molecule has 0 saturated carbocycles. The van der Waals surface area contributed by atoms with Crippen molar-refractivity contribution in [2.45, 2.75) is 26.4 Å². The fourth-order valence-electron chi connectivity index (χ4n) is 1.78. The largest absolute Gasteiger partial charge is 0.497 e. The first-order valence-corrected chi connectivity index (χ1v) is 6.18. The van der Waals surface area contributed by atoms with E-state index in [4.69, 9.17) is 9.47 Å². The number of aliphatic hydroxyl groups is 1. The number of allylic oxidation sites excluding steroid dienone is 1. The quantitative estimate of drug-likeness (QED) is 0.655. The van der Waals surface area contributed by atoms with Crippen molar-refractivity contribution in [3.8, 4) is 5.75 Å². The maximum Gasteiger partial charge on any atom is 0.347 e. The standard InChI is InChI=1S/C15H20O4/c1-5-11(3)15(17,14(16)19-6-2)12-7-9-13(18-4)10-8-12/h5,7-10,17H,6H2,1-4H3/b11-5+. The van der Waals surface area contributed by atoms with Gasteiger partial charge in [0, 0.05) is 0 Å². The molecule has 0 aliphatic carbocycles. The van der Waals surface area contributed by atoms with E-state index < -0.39 is 11.6 Å². The van der Waals surface area contributed by atoms with E-state index in [2.05, 4.69) is 0 Å². The molecule has 1 N–H and O–H groups in total. The van der Waals surface area contributed by atoms with Gasteiger partial charge in [0.2, 0.25) is 5.60 Å². The molecule has 1 unspecified atom stereocenters. The van der Waals surface area contributed by atoms with Gasteiger partial charge in [-0.15, -0.1) is 0 Å². The molecule has 19 heavy (non-hydrogen) atoms. The zero-order valence-electron chi connectivity index (χ0n) is 11.8. The van der Waals surface area contributed by atoms with Crippen LogP contribution in [0.5, 0.6) is 5.75 Å². The number of hydrogen-bond acceptors (Lipinski definition) is 4. The average Bonchev–Trinajstić information content (AvgIpc) is 2.45. The molecule has 0 heterocycles. The molecule has 1 aromatic rings. The van der Waals surface area contributed by atoms with Gasteiger partial charge in [0.05, 0.1) is 13.7 Å². The number of carbonyl (C=O) groups excluding carboxylic acids is 1. The highest BCUT2D eigenvalue weighted by molar-refractivity contribution is 5.85. The Bertz CT molecular complexity index is 462. The first kappa shape index (κ1) is 15.2. The molecule has 104 valence electrons. The summed E-state index contributed by atoms with van der Waals surface area (Å²) in [5.74, 6) is -0.0103. The maximum atomic E-state index is 12.1. The van der Waals surface area contributed by atoms with E-state index in [0.29, 0.717) is 16.9 Å². The lowest BCUT2D eigenvalue weighted by Gasteiger charge is -2.27. The van der Waals surface area contributed by atoms with Gasteiger partial charge in [-0.2, -0.15) is 0 Å². The molecule has 4 nitrogen and oxygen atoms in total. The smallest absolute Gasteiger partial charge is 0.347 e. The van der Waals surface area contributed by atoms with Crippen LogP contribution >= 0.6 is 0 Å². The Hall–Kier alpha value is -1.81. The first-order valence-electron chi connectivity index (χ1n) is 6.18. The number of esters is 1. The predicted molar refractivity (Wildman–Crippen MR) is 73.0 cm³/mol. The molecule has 0 bridgehead atoms. The number of hydrogen-bond donors (Lipinski definition) is 1. The number of rotatable bonds is 5. The Morgan fingerprint density at radius 3 is 2.37 bits per heavy atom. The molecule has 0 saturated heterocycles. The van der Waals surface area contributed by atoms with Gasteiger partial charge < -0.3 is 14.6 Å². The molecule has 4 heteroatoms. The Morgan fingerprint density at radius 1 is 1.37 bits per heavy atom. The summed E-state index contributed by atoms with van der Waals surface area (Å²) in [5, 5.41) is 10.7. The lowest BCUT2D eigenvalue weighted by atomic mass is 9.86. The number of ether oxygens (including phenoxy) is 2. The highest BCUT2D eigenvalue weighted by atomic mass is 16.5. The Balaban J connectivity index is 3.26. The topological polar surface area (TPSA) is 55.8 Å². The maximum absolute atomic E-state index is 12.1. The molecular weight excluding hydrogens is 244 g/mol. The zero-order valence-corrected chi connectivity index (χ0v) is 11.8. The fraction of sp³-hybridized carbons (Fsp3) is 0.400. The Morgan fingerprint density at radius 2 is 1.95 bits per heavy atom. The minimum Gasteiger partial charge on any atom is -0.497 e. The second-order valence-corrected chi connectivity index (χ2v) is 4.13.